The Labute approximate surface area is 148 Å². The Hall–Kier alpha value is -1.88. The van der Waals surface area contributed by atoms with Crippen LogP contribution in [0.5, 0.6) is 0 Å². The zero-order valence-electron chi connectivity index (χ0n) is 14.7. The largest absolute Gasteiger partial charge is 0.368 e. The Balaban J connectivity index is 1.38. The van der Waals surface area contributed by atoms with Gasteiger partial charge in [-0.15, -0.1) is 0 Å². The average Bonchev–Trinajstić information content (AvgIpc) is 3.21. The lowest BCUT2D eigenvalue weighted by Crippen LogP contribution is -2.48. The number of rotatable bonds is 2. The van der Waals surface area contributed by atoms with E-state index in [0.29, 0.717) is 19.7 Å². The molecular formula is C20H26N2O3. The molecule has 2 saturated heterocycles. The molecule has 2 fully saturated rings. The summed E-state index contributed by atoms with van der Waals surface area (Å²) in [5.41, 5.74) is 2.35. The number of fused-ring (bicyclic) bond motifs is 1. The number of hydrogen-bond donors (Lipinski definition) is 0. The second-order valence-electron chi connectivity index (χ2n) is 7.32. The van der Waals surface area contributed by atoms with Gasteiger partial charge in [0, 0.05) is 37.8 Å². The molecule has 3 aliphatic heterocycles. The quantitative estimate of drug-likeness (QED) is 0.829. The fourth-order valence-corrected chi connectivity index (χ4v) is 4.31. The zero-order valence-corrected chi connectivity index (χ0v) is 14.7. The van der Waals surface area contributed by atoms with Gasteiger partial charge in [0.05, 0.1) is 0 Å². The van der Waals surface area contributed by atoms with Crippen LogP contribution in [0.1, 0.15) is 37.7 Å². The summed E-state index contributed by atoms with van der Waals surface area (Å²) in [5, 5.41) is 0. The number of hydrogen-bond acceptors (Lipinski definition) is 3. The minimum Gasteiger partial charge on any atom is -0.368 e. The normalized spacial score (nSPS) is 24.2. The van der Waals surface area contributed by atoms with Crippen molar-refractivity contribution in [3.8, 4) is 0 Å². The third kappa shape index (κ3) is 3.30. The summed E-state index contributed by atoms with van der Waals surface area (Å²) >= 11 is 0. The second kappa shape index (κ2) is 7.16. The topological polar surface area (TPSA) is 49.9 Å². The first-order chi connectivity index (χ1) is 12.2. The van der Waals surface area contributed by atoms with Crippen LogP contribution >= 0.6 is 0 Å². The van der Waals surface area contributed by atoms with E-state index in [1.54, 1.807) is 0 Å². The van der Waals surface area contributed by atoms with Crippen LogP contribution in [0, 0.1) is 5.92 Å². The van der Waals surface area contributed by atoms with Gasteiger partial charge in [0.25, 0.3) is 5.91 Å². The first-order valence-corrected chi connectivity index (χ1v) is 9.54. The fourth-order valence-electron chi connectivity index (χ4n) is 4.31. The summed E-state index contributed by atoms with van der Waals surface area (Å²) in [6, 6.07) is 8.23. The maximum absolute atomic E-state index is 13.0. The van der Waals surface area contributed by atoms with Crippen molar-refractivity contribution >= 4 is 17.5 Å². The highest BCUT2D eigenvalue weighted by Gasteiger charge is 2.35. The predicted octanol–water partition coefficient (Wildman–Crippen LogP) is 2.38. The molecule has 3 aliphatic rings. The molecule has 0 spiro atoms. The Morgan fingerprint density at radius 3 is 2.52 bits per heavy atom. The number of aryl methyl sites for hydroxylation is 1. The molecule has 0 radical (unpaired) electrons. The number of likely N-dealkylation sites (tertiary alicyclic amines) is 1. The molecule has 0 aliphatic carbocycles. The number of ether oxygens (including phenoxy) is 1. The molecule has 5 nitrogen and oxygen atoms in total. The van der Waals surface area contributed by atoms with Crippen molar-refractivity contribution in [3.63, 3.8) is 0 Å². The van der Waals surface area contributed by atoms with E-state index in [4.69, 9.17) is 4.74 Å². The van der Waals surface area contributed by atoms with Gasteiger partial charge in [-0.3, -0.25) is 9.59 Å². The van der Waals surface area contributed by atoms with Crippen LogP contribution < -0.4 is 4.90 Å². The van der Waals surface area contributed by atoms with E-state index in [1.807, 2.05) is 21.9 Å². The SMILES string of the molecule is O=C(C1CCCO1)N1CCC(C(=O)N2CCCc3ccccc32)CC1. The van der Waals surface area contributed by atoms with Gasteiger partial charge in [0.2, 0.25) is 5.91 Å². The van der Waals surface area contributed by atoms with E-state index < -0.39 is 0 Å². The summed E-state index contributed by atoms with van der Waals surface area (Å²) in [4.78, 5) is 29.4. The van der Waals surface area contributed by atoms with Gasteiger partial charge in [0.15, 0.2) is 0 Å². The molecule has 0 aromatic heterocycles. The molecule has 2 amide bonds. The molecule has 4 rings (SSSR count). The Kier molecular flexibility index (Phi) is 4.75. The lowest BCUT2D eigenvalue weighted by atomic mass is 9.92. The van der Waals surface area contributed by atoms with Crippen molar-refractivity contribution in [3.05, 3.63) is 29.8 Å². The molecule has 1 aromatic carbocycles. The van der Waals surface area contributed by atoms with Crippen LogP contribution in [0.3, 0.4) is 0 Å². The second-order valence-corrected chi connectivity index (χ2v) is 7.32. The maximum atomic E-state index is 13.0. The standard InChI is InChI=1S/C20H26N2O3/c23-19(22-11-3-6-15-5-1-2-7-17(15)22)16-9-12-21(13-10-16)20(24)18-8-4-14-25-18/h1-2,5,7,16,18H,3-4,6,8-14H2. The maximum Gasteiger partial charge on any atom is 0.251 e. The summed E-state index contributed by atoms with van der Waals surface area (Å²) in [6.45, 7) is 2.85. The molecule has 134 valence electrons. The first-order valence-electron chi connectivity index (χ1n) is 9.54. The van der Waals surface area contributed by atoms with E-state index in [2.05, 4.69) is 12.1 Å². The Bertz CT molecular complexity index is 646. The lowest BCUT2D eigenvalue weighted by Gasteiger charge is -2.37. The molecule has 3 heterocycles. The van der Waals surface area contributed by atoms with E-state index in [0.717, 1.165) is 50.8 Å². The van der Waals surface area contributed by atoms with Gasteiger partial charge in [-0.1, -0.05) is 18.2 Å². The van der Waals surface area contributed by atoms with Crippen LogP contribution in [0.25, 0.3) is 0 Å². The van der Waals surface area contributed by atoms with Crippen molar-refractivity contribution in [2.45, 2.75) is 44.6 Å². The number of piperidine rings is 1. The van der Waals surface area contributed by atoms with E-state index in [9.17, 15) is 9.59 Å². The number of anilines is 1. The van der Waals surface area contributed by atoms with Crippen molar-refractivity contribution in [1.29, 1.82) is 0 Å². The highest BCUT2D eigenvalue weighted by atomic mass is 16.5. The average molecular weight is 342 g/mol. The van der Waals surface area contributed by atoms with Crippen LogP contribution in [0.15, 0.2) is 24.3 Å². The van der Waals surface area contributed by atoms with Gasteiger partial charge in [-0.05, 0) is 50.2 Å². The number of amides is 2. The van der Waals surface area contributed by atoms with Gasteiger partial charge in [-0.25, -0.2) is 0 Å². The molecule has 0 saturated carbocycles. The van der Waals surface area contributed by atoms with E-state index in [1.165, 1.54) is 5.56 Å². The van der Waals surface area contributed by atoms with Crippen LogP contribution in [0.2, 0.25) is 0 Å². The molecule has 1 unspecified atom stereocenters. The summed E-state index contributed by atoms with van der Waals surface area (Å²) in [6.07, 6.45) is 5.16. The molecule has 0 N–H and O–H groups in total. The minimum atomic E-state index is -0.249. The minimum absolute atomic E-state index is 0.0275. The van der Waals surface area contributed by atoms with Crippen molar-refractivity contribution < 1.29 is 14.3 Å². The number of carbonyl (C=O) groups is 2. The van der Waals surface area contributed by atoms with Crippen molar-refractivity contribution in [1.82, 2.24) is 4.90 Å². The van der Waals surface area contributed by atoms with Crippen LogP contribution in [0.4, 0.5) is 5.69 Å². The highest BCUT2D eigenvalue weighted by Crippen LogP contribution is 2.30. The van der Waals surface area contributed by atoms with Gasteiger partial charge in [-0.2, -0.15) is 0 Å². The van der Waals surface area contributed by atoms with Crippen LogP contribution in [-0.4, -0.2) is 49.1 Å². The Morgan fingerprint density at radius 1 is 0.960 bits per heavy atom. The molecule has 1 aromatic rings. The summed E-state index contributed by atoms with van der Waals surface area (Å²) in [7, 11) is 0. The highest BCUT2D eigenvalue weighted by molar-refractivity contribution is 5.96. The summed E-state index contributed by atoms with van der Waals surface area (Å²) < 4.78 is 5.51. The number of nitrogens with zero attached hydrogens (tertiary/aromatic N) is 2. The van der Waals surface area contributed by atoms with E-state index >= 15 is 0 Å². The smallest absolute Gasteiger partial charge is 0.251 e. The third-order valence-electron chi connectivity index (χ3n) is 5.74. The molecule has 5 heteroatoms. The lowest BCUT2D eigenvalue weighted by molar-refractivity contribution is -0.143. The predicted molar refractivity (Wildman–Crippen MR) is 95.4 cm³/mol. The van der Waals surface area contributed by atoms with Gasteiger partial charge in [0.1, 0.15) is 6.10 Å². The first kappa shape index (κ1) is 16.6. The molecule has 1 atom stereocenters. The summed E-state index contributed by atoms with van der Waals surface area (Å²) in [5.74, 6) is 0.378. The molecular weight excluding hydrogens is 316 g/mol. The van der Waals surface area contributed by atoms with Crippen molar-refractivity contribution in [2.75, 3.05) is 31.1 Å². The van der Waals surface area contributed by atoms with Gasteiger partial charge >= 0.3 is 0 Å². The van der Waals surface area contributed by atoms with Gasteiger partial charge < -0.3 is 14.5 Å². The molecule has 0 bridgehead atoms. The van der Waals surface area contributed by atoms with E-state index in [-0.39, 0.29) is 23.8 Å². The monoisotopic (exact) mass is 342 g/mol. The number of benzene rings is 1. The number of carbonyl (C=O) groups excluding carboxylic acids is 2. The molecule has 25 heavy (non-hydrogen) atoms. The van der Waals surface area contributed by atoms with Crippen molar-refractivity contribution in [2.24, 2.45) is 5.92 Å². The van der Waals surface area contributed by atoms with Crippen LogP contribution in [-0.2, 0) is 20.7 Å². The fraction of sp³-hybridized carbons (Fsp3) is 0.600. The number of para-hydroxylation sites is 1. The Morgan fingerprint density at radius 2 is 1.76 bits per heavy atom. The third-order valence-corrected chi connectivity index (χ3v) is 5.74. The zero-order chi connectivity index (χ0) is 17.2.